The Labute approximate surface area is 92.5 Å². The van der Waals surface area contributed by atoms with Crippen molar-refractivity contribution in [3.8, 4) is 0 Å². The quantitative estimate of drug-likeness (QED) is 0.620. The highest BCUT2D eigenvalue weighted by atomic mass is 32.1. The maximum Gasteiger partial charge on any atom is 0.324 e. The van der Waals surface area contributed by atoms with Crippen molar-refractivity contribution in [1.82, 2.24) is 5.32 Å². The van der Waals surface area contributed by atoms with Gasteiger partial charge in [-0.1, -0.05) is 24.7 Å². The van der Waals surface area contributed by atoms with Crippen molar-refractivity contribution in [3.63, 3.8) is 0 Å². The Bertz CT molecular complexity index is 364. The molecule has 1 aromatic heterocycles. The molecule has 4 nitrogen and oxygen atoms in total. The van der Waals surface area contributed by atoms with E-state index in [2.05, 4.69) is 12.2 Å². The summed E-state index contributed by atoms with van der Waals surface area (Å²) in [7, 11) is 0. The lowest BCUT2D eigenvalue weighted by Gasteiger charge is -1.99. The van der Waals surface area contributed by atoms with Crippen molar-refractivity contribution in [1.29, 1.82) is 0 Å². The number of rotatable bonds is 5. The molecular formula is C10H14N2O2S. The summed E-state index contributed by atoms with van der Waals surface area (Å²) < 4.78 is 0. The molecule has 2 rings (SSSR count). The van der Waals surface area contributed by atoms with Crippen molar-refractivity contribution >= 4 is 16.3 Å². The van der Waals surface area contributed by atoms with Crippen LogP contribution in [-0.4, -0.2) is 11.0 Å². The van der Waals surface area contributed by atoms with Gasteiger partial charge >= 0.3 is 5.00 Å². The monoisotopic (exact) mass is 226 g/mol. The van der Waals surface area contributed by atoms with Gasteiger partial charge in [0.05, 0.1) is 4.92 Å². The zero-order chi connectivity index (χ0) is 10.8. The van der Waals surface area contributed by atoms with Crippen LogP contribution in [0.25, 0.3) is 0 Å². The lowest BCUT2D eigenvalue weighted by atomic mass is 10.3. The fourth-order valence-corrected chi connectivity index (χ4v) is 2.51. The molecule has 15 heavy (non-hydrogen) atoms. The summed E-state index contributed by atoms with van der Waals surface area (Å²) in [6.07, 6.45) is 2.48. The molecule has 82 valence electrons. The van der Waals surface area contributed by atoms with E-state index in [1.807, 2.05) is 6.07 Å². The summed E-state index contributed by atoms with van der Waals surface area (Å²) in [4.78, 5) is 11.2. The predicted octanol–water partition coefficient (Wildman–Crippen LogP) is 2.54. The molecule has 0 radical (unpaired) electrons. The van der Waals surface area contributed by atoms with Gasteiger partial charge in [-0.3, -0.25) is 10.1 Å². The molecular weight excluding hydrogens is 212 g/mol. The van der Waals surface area contributed by atoms with Gasteiger partial charge < -0.3 is 5.32 Å². The fraction of sp³-hybridized carbons (Fsp3) is 0.600. The van der Waals surface area contributed by atoms with Crippen molar-refractivity contribution in [2.45, 2.75) is 32.4 Å². The number of hydrogen-bond donors (Lipinski definition) is 1. The fourth-order valence-electron chi connectivity index (χ4n) is 1.74. The van der Waals surface area contributed by atoms with Crippen LogP contribution in [0, 0.1) is 16.0 Å². The molecule has 1 N–H and O–H groups in total. The molecule has 2 atom stereocenters. The van der Waals surface area contributed by atoms with Crippen molar-refractivity contribution < 1.29 is 4.92 Å². The van der Waals surface area contributed by atoms with Gasteiger partial charge in [0.1, 0.15) is 0 Å². The smallest absolute Gasteiger partial charge is 0.309 e. The molecule has 0 aromatic carbocycles. The topological polar surface area (TPSA) is 55.2 Å². The molecule has 1 heterocycles. The summed E-state index contributed by atoms with van der Waals surface area (Å²) >= 11 is 1.26. The van der Waals surface area contributed by atoms with Gasteiger partial charge in [0.25, 0.3) is 0 Å². The second-order valence-electron chi connectivity index (χ2n) is 3.89. The normalized spacial score (nSPS) is 24.1. The minimum atomic E-state index is -0.333. The van der Waals surface area contributed by atoms with Crippen LogP contribution >= 0.6 is 11.3 Å². The first-order chi connectivity index (χ1) is 7.20. The van der Waals surface area contributed by atoms with Crippen LogP contribution < -0.4 is 5.32 Å². The van der Waals surface area contributed by atoms with E-state index in [0.29, 0.717) is 6.04 Å². The molecule has 5 heteroatoms. The molecule has 0 amide bonds. The third kappa shape index (κ3) is 2.54. The zero-order valence-electron chi connectivity index (χ0n) is 8.60. The molecule has 0 saturated heterocycles. The van der Waals surface area contributed by atoms with Crippen molar-refractivity contribution in [2.75, 3.05) is 0 Å². The second kappa shape index (κ2) is 4.28. The SMILES string of the molecule is CCC1CC1NCc1ccc([N+](=O)[O-])s1. The number of nitro groups is 1. The Balaban J connectivity index is 1.81. The van der Waals surface area contributed by atoms with Gasteiger partial charge in [-0.05, 0) is 18.4 Å². The Kier molecular flexibility index (Phi) is 3.02. The van der Waals surface area contributed by atoms with E-state index in [-0.39, 0.29) is 9.92 Å². The van der Waals surface area contributed by atoms with Crippen molar-refractivity contribution in [3.05, 3.63) is 27.1 Å². The van der Waals surface area contributed by atoms with Crippen LogP contribution in [0.1, 0.15) is 24.6 Å². The van der Waals surface area contributed by atoms with E-state index in [9.17, 15) is 10.1 Å². The molecule has 1 saturated carbocycles. The molecule has 0 spiro atoms. The molecule has 1 aliphatic rings. The summed E-state index contributed by atoms with van der Waals surface area (Å²) in [5.41, 5.74) is 0. The van der Waals surface area contributed by atoms with Gasteiger partial charge in [0.2, 0.25) is 0 Å². The van der Waals surface area contributed by atoms with Crippen LogP contribution in [0.5, 0.6) is 0 Å². The van der Waals surface area contributed by atoms with Gasteiger partial charge in [0.15, 0.2) is 0 Å². The summed E-state index contributed by atoms with van der Waals surface area (Å²) in [6.45, 7) is 2.96. The van der Waals surface area contributed by atoms with Crippen LogP contribution in [0.2, 0.25) is 0 Å². The van der Waals surface area contributed by atoms with Gasteiger partial charge in [-0.25, -0.2) is 0 Å². The van der Waals surface area contributed by atoms with E-state index in [1.54, 1.807) is 6.07 Å². The number of thiophene rings is 1. The number of nitrogens with one attached hydrogen (secondary N) is 1. The minimum Gasteiger partial charge on any atom is -0.309 e. The first-order valence-electron chi connectivity index (χ1n) is 5.17. The van der Waals surface area contributed by atoms with Gasteiger partial charge in [0, 0.05) is 23.5 Å². The third-order valence-electron chi connectivity index (χ3n) is 2.81. The number of nitrogens with zero attached hydrogens (tertiary/aromatic N) is 1. The predicted molar refractivity (Wildman–Crippen MR) is 60.0 cm³/mol. The van der Waals surface area contributed by atoms with Gasteiger partial charge in [-0.2, -0.15) is 0 Å². The highest BCUT2D eigenvalue weighted by molar-refractivity contribution is 7.15. The van der Waals surface area contributed by atoms with Crippen LogP contribution in [0.4, 0.5) is 5.00 Å². The summed E-state index contributed by atoms with van der Waals surface area (Å²) in [5.74, 6) is 0.819. The van der Waals surface area contributed by atoms with E-state index < -0.39 is 0 Å². The lowest BCUT2D eigenvalue weighted by molar-refractivity contribution is -0.380. The van der Waals surface area contributed by atoms with Crippen molar-refractivity contribution in [2.24, 2.45) is 5.92 Å². The van der Waals surface area contributed by atoms with Crippen LogP contribution in [-0.2, 0) is 6.54 Å². The Morgan fingerprint density at radius 2 is 2.47 bits per heavy atom. The maximum atomic E-state index is 10.5. The second-order valence-corrected chi connectivity index (χ2v) is 5.04. The molecule has 1 aliphatic carbocycles. The average Bonchev–Trinajstić information content (AvgIpc) is 2.81. The highest BCUT2D eigenvalue weighted by Crippen LogP contribution is 2.33. The molecule has 0 bridgehead atoms. The molecule has 0 aliphatic heterocycles. The highest BCUT2D eigenvalue weighted by Gasteiger charge is 2.34. The Hall–Kier alpha value is -0.940. The molecule has 2 unspecified atom stereocenters. The zero-order valence-corrected chi connectivity index (χ0v) is 9.42. The van der Waals surface area contributed by atoms with Crippen LogP contribution in [0.15, 0.2) is 12.1 Å². The Morgan fingerprint density at radius 1 is 1.67 bits per heavy atom. The van der Waals surface area contributed by atoms with E-state index >= 15 is 0 Å². The lowest BCUT2D eigenvalue weighted by Crippen LogP contribution is -2.16. The van der Waals surface area contributed by atoms with Gasteiger partial charge in [-0.15, -0.1) is 0 Å². The maximum absolute atomic E-state index is 10.5. The van der Waals surface area contributed by atoms with E-state index in [0.717, 1.165) is 17.3 Å². The number of hydrogen-bond acceptors (Lipinski definition) is 4. The summed E-state index contributed by atoms with van der Waals surface area (Å²) in [5, 5.41) is 14.1. The largest absolute Gasteiger partial charge is 0.324 e. The molecule has 1 fully saturated rings. The Morgan fingerprint density at radius 3 is 3.00 bits per heavy atom. The average molecular weight is 226 g/mol. The minimum absolute atomic E-state index is 0.231. The first kappa shape index (κ1) is 10.6. The standard InChI is InChI=1S/C10H14N2O2S/c1-2-7-5-9(7)11-6-8-3-4-10(15-8)12(13)14/h3-4,7,9,11H,2,5-6H2,1H3. The first-order valence-corrected chi connectivity index (χ1v) is 5.99. The van der Waals surface area contributed by atoms with Crippen LogP contribution in [0.3, 0.4) is 0 Å². The van der Waals surface area contributed by atoms with E-state index in [4.69, 9.17) is 0 Å². The third-order valence-corrected chi connectivity index (χ3v) is 3.85. The molecule has 1 aromatic rings. The summed E-state index contributed by atoms with van der Waals surface area (Å²) in [6, 6.07) is 4.04. The van der Waals surface area contributed by atoms with E-state index in [1.165, 1.54) is 24.2 Å².